The van der Waals surface area contributed by atoms with Crippen LogP contribution in [0.3, 0.4) is 0 Å². The van der Waals surface area contributed by atoms with Crippen molar-refractivity contribution in [2.45, 2.75) is 13.5 Å². The SMILES string of the molecule is COc1ccc2c(c1)C(=O)N(c1ccc3nc(C)ncc3c1)C2. The van der Waals surface area contributed by atoms with E-state index in [1.165, 1.54) is 0 Å². The quantitative estimate of drug-likeness (QED) is 0.730. The number of amides is 1. The van der Waals surface area contributed by atoms with Gasteiger partial charge in [0.05, 0.1) is 19.2 Å². The summed E-state index contributed by atoms with van der Waals surface area (Å²) >= 11 is 0. The van der Waals surface area contributed by atoms with Crippen LogP contribution in [0.2, 0.25) is 0 Å². The molecule has 1 aliphatic rings. The minimum absolute atomic E-state index is 0.00807. The first kappa shape index (κ1) is 13.7. The number of rotatable bonds is 2. The normalized spacial score (nSPS) is 13.5. The van der Waals surface area contributed by atoms with Crippen LogP contribution in [-0.2, 0) is 6.54 Å². The van der Waals surface area contributed by atoms with Crippen LogP contribution in [-0.4, -0.2) is 23.0 Å². The molecule has 5 heteroatoms. The van der Waals surface area contributed by atoms with Crippen molar-refractivity contribution in [3.8, 4) is 5.75 Å². The Morgan fingerprint density at radius 1 is 1.17 bits per heavy atom. The van der Waals surface area contributed by atoms with Crippen molar-refractivity contribution in [3.05, 3.63) is 59.5 Å². The number of ether oxygens (including phenoxy) is 1. The summed E-state index contributed by atoms with van der Waals surface area (Å²) in [5.41, 5.74) is 3.44. The zero-order valence-corrected chi connectivity index (χ0v) is 12.9. The lowest BCUT2D eigenvalue weighted by Gasteiger charge is -2.16. The van der Waals surface area contributed by atoms with E-state index in [0.29, 0.717) is 17.9 Å². The van der Waals surface area contributed by atoms with Crippen LogP contribution in [0, 0.1) is 6.92 Å². The third-order valence-corrected chi connectivity index (χ3v) is 4.12. The Bertz CT molecular complexity index is 937. The maximum Gasteiger partial charge on any atom is 0.259 e. The van der Waals surface area contributed by atoms with Gasteiger partial charge in [0.1, 0.15) is 11.6 Å². The minimum Gasteiger partial charge on any atom is -0.497 e. The molecule has 5 nitrogen and oxygen atoms in total. The molecule has 0 aliphatic carbocycles. The van der Waals surface area contributed by atoms with Crippen molar-refractivity contribution in [2.75, 3.05) is 12.0 Å². The van der Waals surface area contributed by atoms with Crippen molar-refractivity contribution in [1.82, 2.24) is 9.97 Å². The number of methoxy groups -OCH3 is 1. The highest BCUT2D eigenvalue weighted by Gasteiger charge is 2.29. The van der Waals surface area contributed by atoms with Crippen molar-refractivity contribution in [1.29, 1.82) is 0 Å². The Morgan fingerprint density at radius 2 is 2.04 bits per heavy atom. The fourth-order valence-corrected chi connectivity index (χ4v) is 2.90. The second-order valence-electron chi connectivity index (χ2n) is 5.57. The number of benzene rings is 2. The first-order chi connectivity index (χ1) is 11.2. The highest BCUT2D eigenvalue weighted by molar-refractivity contribution is 6.10. The summed E-state index contributed by atoms with van der Waals surface area (Å²) in [4.78, 5) is 23.1. The van der Waals surface area contributed by atoms with Crippen molar-refractivity contribution >= 4 is 22.5 Å². The number of nitrogens with zero attached hydrogens (tertiary/aromatic N) is 3. The maximum absolute atomic E-state index is 12.7. The molecule has 0 spiro atoms. The van der Waals surface area contributed by atoms with Gasteiger partial charge in [0, 0.05) is 22.8 Å². The molecule has 114 valence electrons. The van der Waals surface area contributed by atoms with Gasteiger partial charge in [-0.25, -0.2) is 9.97 Å². The highest BCUT2D eigenvalue weighted by Crippen LogP contribution is 2.31. The molecule has 2 aromatic carbocycles. The van der Waals surface area contributed by atoms with Crippen molar-refractivity contribution < 1.29 is 9.53 Å². The number of carbonyl (C=O) groups is 1. The average Bonchev–Trinajstić information content (AvgIpc) is 2.90. The van der Waals surface area contributed by atoms with Crippen LogP contribution >= 0.6 is 0 Å². The molecule has 0 atom stereocenters. The zero-order chi connectivity index (χ0) is 16.0. The topological polar surface area (TPSA) is 55.3 Å². The molecule has 0 saturated heterocycles. The lowest BCUT2D eigenvalue weighted by molar-refractivity contribution is 0.0996. The molecule has 0 fully saturated rings. The molecule has 1 amide bonds. The molecular formula is C18H15N3O2. The summed E-state index contributed by atoms with van der Waals surface area (Å²) in [6, 6.07) is 11.4. The number of anilines is 1. The van der Waals surface area contributed by atoms with Gasteiger partial charge in [-0.15, -0.1) is 0 Å². The third kappa shape index (κ3) is 2.21. The number of hydrogen-bond acceptors (Lipinski definition) is 4. The van der Waals surface area contributed by atoms with Gasteiger partial charge in [0.2, 0.25) is 0 Å². The van der Waals surface area contributed by atoms with Crippen LogP contribution in [0.25, 0.3) is 10.9 Å². The highest BCUT2D eigenvalue weighted by atomic mass is 16.5. The Balaban J connectivity index is 1.74. The number of aromatic nitrogens is 2. The molecule has 0 bridgehead atoms. The molecule has 0 unspecified atom stereocenters. The third-order valence-electron chi connectivity index (χ3n) is 4.12. The van der Waals surface area contributed by atoms with E-state index in [4.69, 9.17) is 4.74 Å². The van der Waals surface area contributed by atoms with Crippen molar-refractivity contribution in [3.63, 3.8) is 0 Å². The molecule has 0 N–H and O–H groups in total. The van der Waals surface area contributed by atoms with Crippen molar-refractivity contribution in [2.24, 2.45) is 0 Å². The standard InChI is InChI=1S/C18H15N3O2/c1-11-19-9-13-7-14(4-6-17(13)20-11)21-10-12-3-5-15(23-2)8-16(12)18(21)22/h3-9H,10H2,1-2H3. The fraction of sp³-hybridized carbons (Fsp3) is 0.167. The molecule has 4 rings (SSSR count). The van der Waals surface area contributed by atoms with E-state index >= 15 is 0 Å². The summed E-state index contributed by atoms with van der Waals surface area (Å²) in [6.45, 7) is 2.43. The molecule has 0 saturated carbocycles. The lowest BCUT2D eigenvalue weighted by Crippen LogP contribution is -2.22. The Labute approximate surface area is 133 Å². The number of hydrogen-bond donors (Lipinski definition) is 0. The zero-order valence-electron chi connectivity index (χ0n) is 12.9. The Hall–Kier alpha value is -2.95. The van der Waals surface area contributed by atoms with E-state index in [0.717, 1.165) is 28.0 Å². The average molecular weight is 305 g/mol. The van der Waals surface area contributed by atoms with E-state index in [9.17, 15) is 4.79 Å². The van der Waals surface area contributed by atoms with E-state index in [1.54, 1.807) is 24.3 Å². The lowest BCUT2D eigenvalue weighted by atomic mass is 10.1. The number of carbonyl (C=O) groups excluding carboxylic acids is 1. The Kier molecular flexibility index (Phi) is 3.01. The molecule has 3 aromatic rings. The summed E-state index contributed by atoms with van der Waals surface area (Å²) in [7, 11) is 1.60. The first-order valence-electron chi connectivity index (χ1n) is 7.38. The molecule has 0 radical (unpaired) electrons. The van der Waals surface area contributed by atoms with Crippen LogP contribution in [0.4, 0.5) is 5.69 Å². The van der Waals surface area contributed by atoms with Gasteiger partial charge >= 0.3 is 0 Å². The smallest absolute Gasteiger partial charge is 0.259 e. The fourth-order valence-electron chi connectivity index (χ4n) is 2.90. The molecular weight excluding hydrogens is 290 g/mol. The van der Waals surface area contributed by atoms with Gasteiger partial charge in [-0.2, -0.15) is 0 Å². The van der Waals surface area contributed by atoms with E-state index in [-0.39, 0.29) is 5.91 Å². The molecule has 1 aliphatic heterocycles. The predicted molar refractivity (Wildman–Crippen MR) is 87.8 cm³/mol. The Morgan fingerprint density at radius 3 is 2.87 bits per heavy atom. The summed E-state index contributed by atoms with van der Waals surface area (Å²) in [6.07, 6.45) is 1.79. The van der Waals surface area contributed by atoms with E-state index < -0.39 is 0 Å². The largest absolute Gasteiger partial charge is 0.497 e. The summed E-state index contributed by atoms with van der Waals surface area (Å²) < 4.78 is 5.21. The van der Waals surface area contributed by atoms with Gasteiger partial charge in [-0.3, -0.25) is 4.79 Å². The maximum atomic E-state index is 12.7. The molecule has 2 heterocycles. The second kappa shape index (κ2) is 5.05. The van der Waals surface area contributed by atoms with Crippen LogP contribution < -0.4 is 9.64 Å². The molecule has 1 aromatic heterocycles. The number of fused-ring (bicyclic) bond motifs is 2. The minimum atomic E-state index is -0.00807. The predicted octanol–water partition coefficient (Wildman–Crippen LogP) is 3.11. The van der Waals surface area contributed by atoms with E-state index in [1.807, 2.05) is 37.3 Å². The molecule has 23 heavy (non-hydrogen) atoms. The van der Waals surface area contributed by atoms with Gasteiger partial charge in [0.15, 0.2) is 0 Å². The number of aryl methyl sites for hydroxylation is 1. The van der Waals surface area contributed by atoms with Crippen LogP contribution in [0.5, 0.6) is 5.75 Å². The van der Waals surface area contributed by atoms with Gasteiger partial charge in [0.25, 0.3) is 5.91 Å². The first-order valence-corrected chi connectivity index (χ1v) is 7.38. The monoisotopic (exact) mass is 305 g/mol. The van der Waals surface area contributed by atoms with Crippen LogP contribution in [0.1, 0.15) is 21.7 Å². The van der Waals surface area contributed by atoms with Crippen LogP contribution in [0.15, 0.2) is 42.6 Å². The second-order valence-corrected chi connectivity index (χ2v) is 5.57. The summed E-state index contributed by atoms with van der Waals surface area (Å²) in [5, 5.41) is 0.925. The van der Waals surface area contributed by atoms with Gasteiger partial charge in [-0.05, 0) is 42.8 Å². The van der Waals surface area contributed by atoms with Gasteiger partial charge in [-0.1, -0.05) is 6.07 Å². The van der Waals surface area contributed by atoms with Gasteiger partial charge < -0.3 is 9.64 Å². The van der Waals surface area contributed by atoms with E-state index in [2.05, 4.69) is 9.97 Å². The summed E-state index contributed by atoms with van der Waals surface area (Å²) in [5.74, 6) is 1.43.